The first-order valence-corrected chi connectivity index (χ1v) is 8.64. The number of fused-ring (bicyclic) bond motifs is 1. The first kappa shape index (κ1) is 15.9. The van der Waals surface area contributed by atoms with Crippen molar-refractivity contribution in [3.05, 3.63) is 70.3 Å². The molecule has 0 radical (unpaired) electrons. The molecule has 0 aliphatic heterocycles. The van der Waals surface area contributed by atoms with Gasteiger partial charge in [-0.3, -0.25) is 0 Å². The fraction of sp³-hybridized carbons (Fsp3) is 0.200. The summed E-state index contributed by atoms with van der Waals surface area (Å²) in [5.74, 6) is 1.82. The van der Waals surface area contributed by atoms with Gasteiger partial charge < -0.3 is 9.51 Å². The minimum Gasteiger partial charge on any atom is -0.361 e. The molecule has 25 heavy (non-hydrogen) atoms. The molecule has 0 amide bonds. The Kier molecular flexibility index (Phi) is 4.06. The molecule has 126 valence electrons. The number of imidazole rings is 1. The summed E-state index contributed by atoms with van der Waals surface area (Å²) in [6.07, 6.45) is 1.78. The third-order valence-corrected chi connectivity index (χ3v) is 4.67. The van der Waals surface area contributed by atoms with E-state index in [0.29, 0.717) is 0 Å². The Bertz CT molecular complexity index is 1010. The number of hydrogen-bond donors (Lipinski definition) is 1. The van der Waals surface area contributed by atoms with Gasteiger partial charge in [-0.1, -0.05) is 35.0 Å². The van der Waals surface area contributed by atoms with Crippen molar-refractivity contribution in [3.8, 4) is 11.1 Å². The normalized spacial score (nSPS) is 11.3. The number of H-pyrrole nitrogens is 1. The second kappa shape index (κ2) is 6.37. The standard InChI is InChI=1S/C20H18ClN3O/c1-12-20(13(2)25-24-12)15-6-9-17-18(11-15)23-19(22-17)10-5-14-3-7-16(21)8-4-14/h3-4,6-9,11H,5,10H2,1-2H3,(H,22,23). The van der Waals surface area contributed by atoms with Crippen molar-refractivity contribution < 1.29 is 4.52 Å². The fourth-order valence-electron chi connectivity index (χ4n) is 3.15. The van der Waals surface area contributed by atoms with Crippen LogP contribution in [0.5, 0.6) is 0 Å². The predicted molar refractivity (Wildman–Crippen MR) is 99.9 cm³/mol. The van der Waals surface area contributed by atoms with Gasteiger partial charge in [0, 0.05) is 17.0 Å². The summed E-state index contributed by atoms with van der Waals surface area (Å²) >= 11 is 5.93. The Labute approximate surface area is 150 Å². The number of halogens is 1. The van der Waals surface area contributed by atoms with Gasteiger partial charge in [0.25, 0.3) is 0 Å². The van der Waals surface area contributed by atoms with Crippen molar-refractivity contribution in [3.63, 3.8) is 0 Å². The van der Waals surface area contributed by atoms with Gasteiger partial charge in [0.2, 0.25) is 0 Å². The SMILES string of the molecule is Cc1noc(C)c1-c1ccc2nc(CCc3ccc(Cl)cc3)[nH]c2c1. The molecule has 2 aromatic carbocycles. The Balaban J connectivity index is 1.59. The van der Waals surface area contributed by atoms with E-state index in [1.54, 1.807) is 0 Å². The van der Waals surface area contributed by atoms with E-state index in [0.717, 1.165) is 57.3 Å². The molecule has 0 saturated heterocycles. The van der Waals surface area contributed by atoms with Gasteiger partial charge in [-0.05, 0) is 55.7 Å². The maximum absolute atomic E-state index is 5.93. The molecule has 2 heterocycles. The van der Waals surface area contributed by atoms with Crippen LogP contribution in [0.4, 0.5) is 0 Å². The monoisotopic (exact) mass is 351 g/mol. The third kappa shape index (κ3) is 3.17. The fourth-order valence-corrected chi connectivity index (χ4v) is 3.27. The lowest BCUT2D eigenvalue weighted by Crippen LogP contribution is -1.93. The maximum Gasteiger partial charge on any atom is 0.141 e. The van der Waals surface area contributed by atoms with Crippen LogP contribution in [0.15, 0.2) is 47.0 Å². The second-order valence-electron chi connectivity index (χ2n) is 6.24. The first-order chi connectivity index (χ1) is 12.1. The minimum atomic E-state index is 0.763. The molecule has 4 aromatic rings. The van der Waals surface area contributed by atoms with E-state index in [1.165, 1.54) is 5.56 Å². The number of aryl methyl sites for hydroxylation is 4. The van der Waals surface area contributed by atoms with Crippen LogP contribution in [-0.4, -0.2) is 15.1 Å². The number of rotatable bonds is 4. The largest absolute Gasteiger partial charge is 0.361 e. The number of aromatic amines is 1. The summed E-state index contributed by atoms with van der Waals surface area (Å²) in [5.41, 5.74) is 6.31. The summed E-state index contributed by atoms with van der Waals surface area (Å²) in [6.45, 7) is 3.89. The summed E-state index contributed by atoms with van der Waals surface area (Å²) in [7, 11) is 0. The van der Waals surface area contributed by atoms with E-state index >= 15 is 0 Å². The average molecular weight is 352 g/mol. The van der Waals surface area contributed by atoms with Crippen LogP contribution in [0, 0.1) is 13.8 Å². The van der Waals surface area contributed by atoms with Gasteiger partial charge in [-0.25, -0.2) is 4.98 Å². The molecule has 4 nitrogen and oxygen atoms in total. The summed E-state index contributed by atoms with van der Waals surface area (Å²) in [5, 5.41) is 4.80. The highest BCUT2D eigenvalue weighted by atomic mass is 35.5. The second-order valence-corrected chi connectivity index (χ2v) is 6.68. The van der Waals surface area contributed by atoms with Crippen LogP contribution in [-0.2, 0) is 12.8 Å². The number of hydrogen-bond acceptors (Lipinski definition) is 3. The van der Waals surface area contributed by atoms with Crippen LogP contribution in [0.2, 0.25) is 5.02 Å². The minimum absolute atomic E-state index is 0.763. The molecule has 5 heteroatoms. The number of nitrogens with one attached hydrogen (secondary N) is 1. The summed E-state index contributed by atoms with van der Waals surface area (Å²) < 4.78 is 5.28. The number of nitrogens with zero attached hydrogens (tertiary/aromatic N) is 2. The molecule has 2 aromatic heterocycles. The lowest BCUT2D eigenvalue weighted by atomic mass is 10.0. The summed E-state index contributed by atoms with van der Waals surface area (Å²) in [6, 6.07) is 14.2. The van der Waals surface area contributed by atoms with E-state index < -0.39 is 0 Å². The van der Waals surface area contributed by atoms with Crippen molar-refractivity contribution in [2.75, 3.05) is 0 Å². The van der Waals surface area contributed by atoms with Gasteiger partial charge in [-0.15, -0.1) is 0 Å². The molecule has 0 aliphatic rings. The van der Waals surface area contributed by atoms with Gasteiger partial charge in [0.05, 0.1) is 16.7 Å². The van der Waals surface area contributed by atoms with Crippen molar-refractivity contribution in [1.82, 2.24) is 15.1 Å². The Morgan fingerprint density at radius 1 is 1.04 bits per heavy atom. The van der Waals surface area contributed by atoms with Crippen molar-refractivity contribution in [2.45, 2.75) is 26.7 Å². The lowest BCUT2D eigenvalue weighted by molar-refractivity contribution is 0.393. The van der Waals surface area contributed by atoms with Crippen molar-refractivity contribution in [2.24, 2.45) is 0 Å². The van der Waals surface area contributed by atoms with Crippen LogP contribution in [0.25, 0.3) is 22.2 Å². The zero-order valence-electron chi connectivity index (χ0n) is 14.1. The molecule has 0 fully saturated rings. The van der Waals surface area contributed by atoms with E-state index in [2.05, 4.69) is 34.4 Å². The van der Waals surface area contributed by atoms with Crippen LogP contribution in [0.3, 0.4) is 0 Å². The molecular formula is C20H18ClN3O. The lowest BCUT2D eigenvalue weighted by Gasteiger charge is -2.00. The van der Waals surface area contributed by atoms with Crippen molar-refractivity contribution >= 4 is 22.6 Å². The molecule has 0 atom stereocenters. The van der Waals surface area contributed by atoms with Crippen LogP contribution in [0.1, 0.15) is 22.8 Å². The van der Waals surface area contributed by atoms with E-state index in [4.69, 9.17) is 21.1 Å². The highest BCUT2D eigenvalue weighted by molar-refractivity contribution is 6.30. The average Bonchev–Trinajstić information content (AvgIpc) is 3.16. The molecule has 1 N–H and O–H groups in total. The zero-order valence-corrected chi connectivity index (χ0v) is 14.9. The molecule has 0 bridgehead atoms. The van der Waals surface area contributed by atoms with Crippen molar-refractivity contribution in [1.29, 1.82) is 0 Å². The quantitative estimate of drug-likeness (QED) is 0.544. The van der Waals surface area contributed by atoms with Crippen LogP contribution < -0.4 is 0 Å². The van der Waals surface area contributed by atoms with Gasteiger partial charge in [-0.2, -0.15) is 0 Å². The van der Waals surface area contributed by atoms with E-state index in [-0.39, 0.29) is 0 Å². The molecular weight excluding hydrogens is 334 g/mol. The van der Waals surface area contributed by atoms with Gasteiger partial charge in [0.15, 0.2) is 0 Å². The Morgan fingerprint density at radius 3 is 2.56 bits per heavy atom. The first-order valence-electron chi connectivity index (χ1n) is 8.26. The van der Waals surface area contributed by atoms with Gasteiger partial charge in [0.1, 0.15) is 11.6 Å². The Morgan fingerprint density at radius 2 is 1.84 bits per heavy atom. The maximum atomic E-state index is 5.93. The topological polar surface area (TPSA) is 54.7 Å². The van der Waals surface area contributed by atoms with E-state index in [1.807, 2.05) is 32.0 Å². The highest BCUT2D eigenvalue weighted by Crippen LogP contribution is 2.29. The molecule has 0 unspecified atom stereocenters. The molecule has 0 aliphatic carbocycles. The predicted octanol–water partition coefficient (Wildman–Crippen LogP) is 5.27. The molecule has 4 rings (SSSR count). The highest BCUT2D eigenvalue weighted by Gasteiger charge is 2.13. The third-order valence-electron chi connectivity index (χ3n) is 4.42. The molecule has 0 spiro atoms. The van der Waals surface area contributed by atoms with E-state index in [9.17, 15) is 0 Å². The smallest absolute Gasteiger partial charge is 0.141 e. The molecule has 0 saturated carbocycles. The Hall–Kier alpha value is -2.59. The van der Waals surface area contributed by atoms with Gasteiger partial charge >= 0.3 is 0 Å². The number of benzene rings is 2. The summed E-state index contributed by atoms with van der Waals surface area (Å²) in [4.78, 5) is 8.12. The van der Waals surface area contributed by atoms with Crippen LogP contribution >= 0.6 is 11.6 Å². The number of aromatic nitrogens is 3. The zero-order chi connectivity index (χ0) is 17.4.